The first kappa shape index (κ1) is 7.15. The van der Waals surface area contributed by atoms with Gasteiger partial charge in [-0.1, -0.05) is 18.2 Å². The Morgan fingerprint density at radius 1 is 1.50 bits per heavy atom. The summed E-state index contributed by atoms with van der Waals surface area (Å²) in [6.45, 7) is 7.21. The number of carbonyl (C=O) groups is 1. The smallest absolute Gasteiger partial charge is 0.145 e. The van der Waals surface area contributed by atoms with Crippen LogP contribution in [0, 0.1) is 0 Å². The van der Waals surface area contributed by atoms with E-state index in [1.54, 1.807) is 13.0 Å². The molecule has 8 heavy (non-hydrogen) atoms. The molecular weight excluding hydrogens is 100 g/mol. The van der Waals surface area contributed by atoms with Gasteiger partial charge in [-0.15, -0.1) is 0 Å². The van der Waals surface area contributed by atoms with Gasteiger partial charge in [0.15, 0.2) is 0 Å². The van der Waals surface area contributed by atoms with Crippen molar-refractivity contribution >= 4 is 6.29 Å². The first-order valence-electron chi connectivity index (χ1n) is 2.46. The molecule has 0 aliphatic rings. The maximum absolute atomic E-state index is 9.93. The van der Waals surface area contributed by atoms with Gasteiger partial charge in [0, 0.05) is 0 Å². The van der Waals surface area contributed by atoms with Crippen molar-refractivity contribution in [1.82, 2.24) is 0 Å². The molecule has 1 nitrogen and oxygen atoms in total. The highest BCUT2D eigenvalue weighted by Crippen LogP contribution is 1.93. The van der Waals surface area contributed by atoms with E-state index in [9.17, 15) is 4.79 Å². The van der Waals surface area contributed by atoms with Gasteiger partial charge in [0.2, 0.25) is 0 Å². The highest BCUT2D eigenvalue weighted by atomic mass is 16.1. The first-order valence-corrected chi connectivity index (χ1v) is 2.46. The standard InChI is InChI=1S/C7H10O/c1-6(2)4-7(3)5-8/h4-5H,1H2,2-3H3. The lowest BCUT2D eigenvalue weighted by molar-refractivity contribution is -0.104. The number of hydrogen-bond donors (Lipinski definition) is 0. The van der Waals surface area contributed by atoms with Crippen LogP contribution in [-0.4, -0.2) is 6.29 Å². The van der Waals surface area contributed by atoms with Crippen LogP contribution < -0.4 is 0 Å². The summed E-state index contributed by atoms with van der Waals surface area (Å²) in [4.78, 5) is 9.93. The van der Waals surface area contributed by atoms with E-state index >= 15 is 0 Å². The van der Waals surface area contributed by atoms with Crippen molar-refractivity contribution in [3.63, 3.8) is 0 Å². The highest BCUT2D eigenvalue weighted by molar-refractivity contribution is 5.72. The maximum atomic E-state index is 9.93. The molecule has 0 unspecified atom stereocenters. The average molecular weight is 110 g/mol. The van der Waals surface area contributed by atoms with Crippen LogP contribution in [0.25, 0.3) is 0 Å². The zero-order valence-corrected chi connectivity index (χ0v) is 5.27. The molecule has 0 amide bonds. The number of aldehydes is 1. The summed E-state index contributed by atoms with van der Waals surface area (Å²) in [6.07, 6.45) is 2.56. The molecule has 0 aliphatic carbocycles. The zero-order chi connectivity index (χ0) is 6.57. The monoisotopic (exact) mass is 110 g/mol. The summed E-state index contributed by atoms with van der Waals surface area (Å²) >= 11 is 0. The quantitative estimate of drug-likeness (QED) is 0.300. The van der Waals surface area contributed by atoms with Gasteiger partial charge in [0.1, 0.15) is 6.29 Å². The molecule has 0 rings (SSSR count). The predicted molar refractivity (Wildman–Crippen MR) is 34.6 cm³/mol. The molecule has 0 fully saturated rings. The van der Waals surface area contributed by atoms with E-state index in [1.807, 2.05) is 6.92 Å². The van der Waals surface area contributed by atoms with Gasteiger partial charge < -0.3 is 0 Å². The SMILES string of the molecule is C=C(C)C=C(C)C=O. The first-order chi connectivity index (χ1) is 3.66. The molecule has 0 aromatic carbocycles. The Morgan fingerprint density at radius 2 is 2.00 bits per heavy atom. The Labute approximate surface area is 49.7 Å². The van der Waals surface area contributed by atoms with E-state index in [-0.39, 0.29) is 0 Å². The normalized spacial score (nSPS) is 11.0. The minimum Gasteiger partial charge on any atom is -0.298 e. The van der Waals surface area contributed by atoms with E-state index in [0.29, 0.717) is 0 Å². The zero-order valence-electron chi connectivity index (χ0n) is 5.27. The van der Waals surface area contributed by atoms with Gasteiger partial charge in [0.25, 0.3) is 0 Å². The van der Waals surface area contributed by atoms with Crippen LogP contribution in [-0.2, 0) is 4.79 Å². The van der Waals surface area contributed by atoms with Crippen LogP contribution >= 0.6 is 0 Å². The van der Waals surface area contributed by atoms with Crippen molar-refractivity contribution in [3.8, 4) is 0 Å². The van der Waals surface area contributed by atoms with Crippen LogP contribution in [0.5, 0.6) is 0 Å². The van der Waals surface area contributed by atoms with Gasteiger partial charge in [-0.3, -0.25) is 4.79 Å². The van der Waals surface area contributed by atoms with Crippen molar-refractivity contribution in [2.75, 3.05) is 0 Å². The molecule has 0 aliphatic heterocycles. The van der Waals surface area contributed by atoms with Crippen LogP contribution in [0.2, 0.25) is 0 Å². The summed E-state index contributed by atoms with van der Waals surface area (Å²) in [7, 11) is 0. The Kier molecular flexibility index (Phi) is 2.85. The second-order valence-electron chi connectivity index (χ2n) is 1.85. The molecule has 0 heterocycles. The highest BCUT2D eigenvalue weighted by Gasteiger charge is 1.80. The molecule has 0 atom stereocenters. The van der Waals surface area contributed by atoms with Gasteiger partial charge in [0.05, 0.1) is 0 Å². The van der Waals surface area contributed by atoms with Crippen LogP contribution in [0.1, 0.15) is 13.8 Å². The third-order valence-corrected chi connectivity index (χ3v) is 0.660. The molecule has 0 saturated carbocycles. The molecule has 0 bridgehead atoms. The minimum absolute atomic E-state index is 0.720. The number of allylic oxidation sites excluding steroid dienone is 3. The third kappa shape index (κ3) is 3.34. The fourth-order valence-electron chi connectivity index (χ4n) is 0.423. The van der Waals surface area contributed by atoms with Crippen molar-refractivity contribution in [3.05, 3.63) is 23.8 Å². The lowest BCUT2D eigenvalue weighted by Crippen LogP contribution is -1.74. The van der Waals surface area contributed by atoms with Crippen LogP contribution in [0.15, 0.2) is 23.8 Å². The fraction of sp³-hybridized carbons (Fsp3) is 0.286. The van der Waals surface area contributed by atoms with E-state index in [1.165, 1.54) is 0 Å². The molecule has 0 saturated heterocycles. The van der Waals surface area contributed by atoms with Crippen molar-refractivity contribution in [1.29, 1.82) is 0 Å². The third-order valence-electron chi connectivity index (χ3n) is 0.660. The van der Waals surface area contributed by atoms with Gasteiger partial charge in [-0.25, -0.2) is 0 Å². The van der Waals surface area contributed by atoms with Crippen LogP contribution in [0.4, 0.5) is 0 Å². The summed E-state index contributed by atoms with van der Waals surface area (Å²) in [5, 5.41) is 0. The van der Waals surface area contributed by atoms with E-state index in [0.717, 1.165) is 17.4 Å². The molecule has 44 valence electrons. The Hall–Kier alpha value is -0.850. The van der Waals surface area contributed by atoms with Crippen molar-refractivity contribution in [2.24, 2.45) is 0 Å². The van der Waals surface area contributed by atoms with Crippen molar-refractivity contribution in [2.45, 2.75) is 13.8 Å². The maximum Gasteiger partial charge on any atom is 0.145 e. The van der Waals surface area contributed by atoms with E-state index in [2.05, 4.69) is 6.58 Å². The minimum atomic E-state index is 0.720. The summed E-state index contributed by atoms with van der Waals surface area (Å²) < 4.78 is 0. The predicted octanol–water partition coefficient (Wildman–Crippen LogP) is 1.71. The molecule has 0 aromatic heterocycles. The van der Waals surface area contributed by atoms with Gasteiger partial charge in [-0.2, -0.15) is 0 Å². The van der Waals surface area contributed by atoms with Crippen LogP contribution in [0.3, 0.4) is 0 Å². The second-order valence-corrected chi connectivity index (χ2v) is 1.85. The summed E-state index contributed by atoms with van der Waals surface area (Å²) in [6, 6.07) is 0. The second kappa shape index (κ2) is 3.19. The molecule has 0 radical (unpaired) electrons. The lowest BCUT2D eigenvalue weighted by Gasteiger charge is -1.84. The van der Waals surface area contributed by atoms with E-state index in [4.69, 9.17) is 0 Å². The molecule has 0 N–H and O–H groups in total. The average Bonchev–Trinajstić information content (AvgIpc) is 1.65. The fourth-order valence-corrected chi connectivity index (χ4v) is 0.423. The van der Waals surface area contributed by atoms with E-state index < -0.39 is 0 Å². The largest absolute Gasteiger partial charge is 0.298 e. The Bertz CT molecular complexity index is 131. The molecule has 1 heteroatoms. The molecular formula is C7H10O. The number of carbonyl (C=O) groups excluding carboxylic acids is 1. The van der Waals surface area contributed by atoms with Gasteiger partial charge >= 0.3 is 0 Å². The van der Waals surface area contributed by atoms with Gasteiger partial charge in [-0.05, 0) is 19.4 Å². The van der Waals surface area contributed by atoms with Crippen molar-refractivity contribution < 1.29 is 4.79 Å². The summed E-state index contributed by atoms with van der Waals surface area (Å²) in [5.74, 6) is 0. The lowest BCUT2D eigenvalue weighted by atomic mass is 10.2. The Morgan fingerprint density at radius 3 is 2.12 bits per heavy atom. The number of rotatable bonds is 2. The summed E-state index contributed by atoms with van der Waals surface area (Å²) in [5.41, 5.74) is 1.63. The topological polar surface area (TPSA) is 17.1 Å². The number of hydrogen-bond acceptors (Lipinski definition) is 1. The Balaban J connectivity index is 3.94. The molecule has 0 aromatic rings. The molecule has 0 spiro atoms.